The van der Waals surface area contributed by atoms with Gasteiger partial charge in [0.05, 0.1) is 5.60 Å². The number of hydrogen-bond acceptors (Lipinski definition) is 2. The van der Waals surface area contributed by atoms with Crippen LogP contribution in [-0.2, 0) is 6.42 Å². The lowest BCUT2D eigenvalue weighted by atomic mass is 9.76. The number of rotatable bonds is 3. The van der Waals surface area contributed by atoms with Crippen LogP contribution in [0.3, 0.4) is 0 Å². The van der Waals surface area contributed by atoms with Crippen molar-refractivity contribution in [3.05, 3.63) is 35.6 Å². The van der Waals surface area contributed by atoms with Gasteiger partial charge in [-0.15, -0.1) is 0 Å². The summed E-state index contributed by atoms with van der Waals surface area (Å²) in [7, 11) is 3.98. The number of aliphatic hydroxyl groups is 1. The molecular weight excluding hydrogens is 229 g/mol. The predicted molar refractivity (Wildman–Crippen MR) is 71.0 cm³/mol. The SMILES string of the molecule is CN(C)[C@@H]1CCCC[C@@]1(O)Cc1ccccc1F. The van der Waals surface area contributed by atoms with E-state index < -0.39 is 5.60 Å². The normalized spacial score (nSPS) is 28.6. The molecule has 1 aromatic rings. The van der Waals surface area contributed by atoms with Gasteiger partial charge in [0, 0.05) is 12.5 Å². The lowest BCUT2D eigenvalue weighted by Gasteiger charge is -2.43. The Hall–Kier alpha value is -0.930. The second kappa shape index (κ2) is 5.37. The maximum Gasteiger partial charge on any atom is 0.126 e. The summed E-state index contributed by atoms with van der Waals surface area (Å²) in [6, 6.07) is 6.87. The van der Waals surface area contributed by atoms with Gasteiger partial charge in [0.1, 0.15) is 5.82 Å². The molecule has 1 aliphatic carbocycles. The van der Waals surface area contributed by atoms with Crippen molar-refractivity contribution in [2.75, 3.05) is 14.1 Å². The van der Waals surface area contributed by atoms with Crippen molar-refractivity contribution in [3.63, 3.8) is 0 Å². The third-order valence-electron chi connectivity index (χ3n) is 4.04. The van der Waals surface area contributed by atoms with E-state index in [0.29, 0.717) is 12.0 Å². The first-order chi connectivity index (χ1) is 8.53. The summed E-state index contributed by atoms with van der Waals surface area (Å²) >= 11 is 0. The summed E-state index contributed by atoms with van der Waals surface area (Å²) in [5.74, 6) is -0.214. The van der Waals surface area contributed by atoms with Crippen LogP contribution >= 0.6 is 0 Å². The Morgan fingerprint density at radius 1 is 1.33 bits per heavy atom. The van der Waals surface area contributed by atoms with E-state index in [1.54, 1.807) is 12.1 Å². The highest BCUT2D eigenvalue weighted by Crippen LogP contribution is 2.34. The maximum absolute atomic E-state index is 13.7. The first-order valence-electron chi connectivity index (χ1n) is 6.65. The Bertz CT molecular complexity index is 407. The second-order valence-electron chi connectivity index (χ2n) is 5.60. The van der Waals surface area contributed by atoms with Gasteiger partial charge in [-0.05, 0) is 38.6 Å². The summed E-state index contributed by atoms with van der Waals surface area (Å²) in [6.07, 6.45) is 4.31. The number of hydrogen-bond donors (Lipinski definition) is 1. The Labute approximate surface area is 108 Å². The summed E-state index contributed by atoms with van der Waals surface area (Å²) in [5, 5.41) is 10.9. The highest BCUT2D eigenvalue weighted by Gasteiger charge is 2.40. The topological polar surface area (TPSA) is 23.5 Å². The van der Waals surface area contributed by atoms with Gasteiger partial charge < -0.3 is 10.0 Å². The molecule has 0 unspecified atom stereocenters. The van der Waals surface area contributed by atoms with Crippen LogP contribution in [0.4, 0.5) is 4.39 Å². The zero-order valence-electron chi connectivity index (χ0n) is 11.2. The minimum Gasteiger partial charge on any atom is -0.388 e. The molecule has 0 bridgehead atoms. The smallest absolute Gasteiger partial charge is 0.126 e. The monoisotopic (exact) mass is 251 g/mol. The van der Waals surface area contributed by atoms with Gasteiger partial charge in [0.25, 0.3) is 0 Å². The average molecular weight is 251 g/mol. The summed E-state index contributed by atoms with van der Waals surface area (Å²) in [5.41, 5.74) is -0.182. The van der Waals surface area contributed by atoms with E-state index in [4.69, 9.17) is 0 Å². The van der Waals surface area contributed by atoms with Gasteiger partial charge in [-0.1, -0.05) is 31.0 Å². The fraction of sp³-hybridized carbons (Fsp3) is 0.600. The molecule has 0 aromatic heterocycles. The van der Waals surface area contributed by atoms with Gasteiger partial charge in [-0.2, -0.15) is 0 Å². The van der Waals surface area contributed by atoms with Gasteiger partial charge in [0.2, 0.25) is 0 Å². The van der Waals surface area contributed by atoms with Crippen molar-refractivity contribution in [1.82, 2.24) is 4.90 Å². The van der Waals surface area contributed by atoms with Crippen LogP contribution in [0.1, 0.15) is 31.2 Å². The predicted octanol–water partition coefficient (Wildman–Crippen LogP) is 2.60. The minimum absolute atomic E-state index is 0.117. The molecule has 100 valence electrons. The average Bonchev–Trinajstić information content (AvgIpc) is 2.32. The lowest BCUT2D eigenvalue weighted by Crippen LogP contribution is -2.53. The number of nitrogens with zero attached hydrogens (tertiary/aromatic N) is 1. The van der Waals surface area contributed by atoms with Crippen molar-refractivity contribution in [1.29, 1.82) is 0 Å². The van der Waals surface area contributed by atoms with Crippen molar-refractivity contribution < 1.29 is 9.50 Å². The number of likely N-dealkylation sites (N-methyl/N-ethyl adjacent to an activating group) is 1. The highest BCUT2D eigenvalue weighted by atomic mass is 19.1. The Balaban J connectivity index is 2.21. The van der Waals surface area contributed by atoms with E-state index in [1.807, 2.05) is 20.2 Å². The van der Waals surface area contributed by atoms with E-state index in [9.17, 15) is 9.50 Å². The second-order valence-corrected chi connectivity index (χ2v) is 5.60. The van der Waals surface area contributed by atoms with E-state index in [2.05, 4.69) is 4.90 Å². The number of halogens is 1. The Morgan fingerprint density at radius 3 is 2.72 bits per heavy atom. The van der Waals surface area contributed by atoms with Crippen LogP contribution in [0.2, 0.25) is 0 Å². The zero-order valence-corrected chi connectivity index (χ0v) is 11.2. The van der Waals surface area contributed by atoms with E-state index in [-0.39, 0.29) is 11.9 Å². The molecular formula is C15H22FNO. The van der Waals surface area contributed by atoms with Crippen molar-refractivity contribution >= 4 is 0 Å². The third-order valence-corrected chi connectivity index (χ3v) is 4.04. The largest absolute Gasteiger partial charge is 0.388 e. The fourth-order valence-electron chi connectivity index (χ4n) is 3.12. The standard InChI is InChI=1S/C15H22FNO/c1-17(2)14-9-5-6-10-15(14,18)11-12-7-3-4-8-13(12)16/h3-4,7-8,14,18H,5-6,9-11H2,1-2H3/t14-,15-/m1/s1. The first kappa shape index (κ1) is 13.5. The molecule has 2 nitrogen and oxygen atoms in total. The first-order valence-corrected chi connectivity index (χ1v) is 6.65. The molecule has 2 atom stereocenters. The number of benzene rings is 1. The summed E-state index contributed by atoms with van der Waals surface area (Å²) in [6.45, 7) is 0. The zero-order chi connectivity index (χ0) is 13.2. The molecule has 0 saturated heterocycles. The van der Waals surface area contributed by atoms with Crippen molar-refractivity contribution in [2.45, 2.75) is 43.7 Å². The summed E-state index contributed by atoms with van der Waals surface area (Å²) in [4.78, 5) is 2.07. The van der Waals surface area contributed by atoms with E-state index in [0.717, 1.165) is 25.7 Å². The van der Waals surface area contributed by atoms with Crippen LogP contribution in [0.25, 0.3) is 0 Å². The Morgan fingerprint density at radius 2 is 2.06 bits per heavy atom. The maximum atomic E-state index is 13.7. The molecule has 0 radical (unpaired) electrons. The van der Waals surface area contributed by atoms with Crippen LogP contribution in [0, 0.1) is 5.82 Å². The van der Waals surface area contributed by atoms with Gasteiger partial charge in [-0.25, -0.2) is 4.39 Å². The lowest BCUT2D eigenvalue weighted by molar-refractivity contribution is -0.0603. The molecule has 1 aromatic carbocycles. The molecule has 3 heteroatoms. The van der Waals surface area contributed by atoms with E-state index >= 15 is 0 Å². The van der Waals surface area contributed by atoms with Crippen LogP contribution in [0.15, 0.2) is 24.3 Å². The molecule has 18 heavy (non-hydrogen) atoms. The Kier molecular flexibility index (Phi) is 4.03. The van der Waals surface area contributed by atoms with Crippen molar-refractivity contribution in [2.24, 2.45) is 0 Å². The van der Waals surface area contributed by atoms with Gasteiger partial charge in [-0.3, -0.25) is 0 Å². The molecule has 1 N–H and O–H groups in total. The molecule has 1 fully saturated rings. The fourth-order valence-corrected chi connectivity index (χ4v) is 3.12. The highest BCUT2D eigenvalue weighted by molar-refractivity contribution is 5.20. The van der Waals surface area contributed by atoms with Crippen LogP contribution in [0.5, 0.6) is 0 Å². The summed E-state index contributed by atoms with van der Waals surface area (Å²) < 4.78 is 13.7. The molecule has 1 saturated carbocycles. The molecule has 0 amide bonds. The molecule has 0 heterocycles. The quantitative estimate of drug-likeness (QED) is 0.892. The molecule has 1 aliphatic rings. The van der Waals surface area contributed by atoms with Crippen LogP contribution < -0.4 is 0 Å². The minimum atomic E-state index is -0.802. The van der Waals surface area contributed by atoms with Crippen molar-refractivity contribution in [3.8, 4) is 0 Å². The molecule has 0 spiro atoms. The van der Waals surface area contributed by atoms with Gasteiger partial charge >= 0.3 is 0 Å². The third kappa shape index (κ3) is 2.73. The molecule has 0 aliphatic heterocycles. The van der Waals surface area contributed by atoms with E-state index in [1.165, 1.54) is 6.07 Å². The molecule has 2 rings (SSSR count). The van der Waals surface area contributed by atoms with Crippen LogP contribution in [-0.4, -0.2) is 35.7 Å². The van der Waals surface area contributed by atoms with Gasteiger partial charge in [0.15, 0.2) is 0 Å².